The minimum absolute atomic E-state index is 0.00778. The Hall–Kier alpha value is -2.73. The third-order valence-corrected chi connectivity index (χ3v) is 3.33. The summed E-state index contributed by atoms with van der Waals surface area (Å²) in [7, 11) is 0. The minimum atomic E-state index is -1.25. The molecule has 2 aromatic rings. The van der Waals surface area contributed by atoms with E-state index in [-0.39, 0.29) is 11.7 Å². The number of carbonyl (C=O) groups is 1. The first-order valence-electron chi connectivity index (χ1n) is 6.77. The first-order valence-corrected chi connectivity index (χ1v) is 6.77. The van der Waals surface area contributed by atoms with Crippen molar-refractivity contribution in [3.8, 4) is 0 Å². The molecule has 2 atom stereocenters. The Morgan fingerprint density at radius 3 is 2.23 bits per heavy atom. The largest absolute Gasteiger partial charge is 0.378 e. The second-order valence-corrected chi connectivity index (χ2v) is 4.89. The molecular formula is C16H16N2O4. The Morgan fingerprint density at radius 1 is 1.09 bits per heavy atom. The molecule has 0 saturated heterocycles. The molecule has 2 N–H and O–H groups in total. The molecule has 114 valence electrons. The van der Waals surface area contributed by atoms with Crippen molar-refractivity contribution < 1.29 is 14.8 Å². The van der Waals surface area contributed by atoms with Gasteiger partial charge in [0.1, 0.15) is 0 Å². The van der Waals surface area contributed by atoms with Crippen LogP contribution in [0.15, 0.2) is 54.6 Å². The summed E-state index contributed by atoms with van der Waals surface area (Å²) < 4.78 is 0. The van der Waals surface area contributed by atoms with Crippen LogP contribution in [0.5, 0.6) is 0 Å². The van der Waals surface area contributed by atoms with E-state index in [4.69, 9.17) is 0 Å². The van der Waals surface area contributed by atoms with E-state index in [9.17, 15) is 20.0 Å². The number of nitro groups is 1. The lowest BCUT2D eigenvalue weighted by Crippen LogP contribution is -2.31. The molecule has 6 heteroatoms. The first-order chi connectivity index (χ1) is 10.5. The maximum atomic E-state index is 12.0. The van der Waals surface area contributed by atoms with Crippen molar-refractivity contribution in [1.29, 1.82) is 0 Å². The van der Waals surface area contributed by atoms with Gasteiger partial charge in [0, 0.05) is 12.1 Å². The number of carbonyl (C=O) groups excluding carboxylic acids is 1. The Morgan fingerprint density at radius 2 is 1.68 bits per heavy atom. The summed E-state index contributed by atoms with van der Waals surface area (Å²) in [5.41, 5.74) is 1.22. The molecule has 0 bridgehead atoms. The van der Waals surface area contributed by atoms with E-state index in [1.54, 1.807) is 49.4 Å². The van der Waals surface area contributed by atoms with Gasteiger partial charge in [-0.05, 0) is 18.1 Å². The number of benzene rings is 2. The number of nitrogens with zero attached hydrogens (tertiary/aromatic N) is 1. The highest BCUT2D eigenvalue weighted by molar-refractivity contribution is 5.82. The van der Waals surface area contributed by atoms with Gasteiger partial charge in [0.05, 0.1) is 11.0 Å². The summed E-state index contributed by atoms with van der Waals surface area (Å²) in [6.07, 6.45) is -1.25. The highest BCUT2D eigenvalue weighted by atomic mass is 16.6. The normalized spacial score (nSPS) is 13.2. The number of amides is 1. The Bertz CT molecular complexity index is 656. The first kappa shape index (κ1) is 15.7. The highest BCUT2D eigenvalue weighted by Gasteiger charge is 2.19. The third-order valence-electron chi connectivity index (χ3n) is 3.33. The van der Waals surface area contributed by atoms with Crippen molar-refractivity contribution in [2.24, 2.45) is 0 Å². The van der Waals surface area contributed by atoms with Gasteiger partial charge in [-0.25, -0.2) is 0 Å². The minimum Gasteiger partial charge on any atom is -0.378 e. The van der Waals surface area contributed by atoms with Crippen molar-refractivity contribution in [1.82, 2.24) is 5.32 Å². The molecule has 0 aliphatic rings. The molecule has 0 fully saturated rings. The fraction of sp³-hybridized carbons (Fsp3) is 0.188. The van der Waals surface area contributed by atoms with E-state index >= 15 is 0 Å². The molecule has 2 unspecified atom stereocenters. The predicted molar refractivity (Wildman–Crippen MR) is 81.1 cm³/mol. The maximum Gasteiger partial charge on any atom is 0.269 e. The van der Waals surface area contributed by atoms with Crippen molar-refractivity contribution in [2.75, 3.05) is 0 Å². The van der Waals surface area contributed by atoms with Crippen LogP contribution in [0.4, 0.5) is 5.69 Å². The molecule has 0 heterocycles. The Kier molecular flexibility index (Phi) is 4.85. The molecule has 2 aromatic carbocycles. The second kappa shape index (κ2) is 6.82. The van der Waals surface area contributed by atoms with Crippen LogP contribution in [-0.4, -0.2) is 15.9 Å². The van der Waals surface area contributed by atoms with Crippen LogP contribution in [0.2, 0.25) is 0 Å². The summed E-state index contributed by atoms with van der Waals surface area (Å²) in [5.74, 6) is -0.517. The number of hydrogen-bond acceptors (Lipinski definition) is 4. The molecular weight excluding hydrogens is 284 g/mol. The monoisotopic (exact) mass is 300 g/mol. The summed E-state index contributed by atoms with van der Waals surface area (Å²) in [5, 5.41) is 23.3. The van der Waals surface area contributed by atoms with Crippen molar-refractivity contribution in [3.05, 3.63) is 75.8 Å². The van der Waals surface area contributed by atoms with Gasteiger partial charge in [-0.1, -0.05) is 42.5 Å². The van der Waals surface area contributed by atoms with Crippen molar-refractivity contribution in [3.63, 3.8) is 0 Å². The molecule has 0 aromatic heterocycles. The smallest absolute Gasteiger partial charge is 0.269 e. The van der Waals surface area contributed by atoms with E-state index in [2.05, 4.69) is 5.32 Å². The summed E-state index contributed by atoms with van der Waals surface area (Å²) >= 11 is 0. The number of aliphatic hydroxyl groups excluding tert-OH is 1. The number of rotatable bonds is 5. The quantitative estimate of drug-likeness (QED) is 0.655. The highest BCUT2D eigenvalue weighted by Crippen LogP contribution is 2.19. The van der Waals surface area contributed by atoms with E-state index in [0.29, 0.717) is 5.56 Å². The van der Waals surface area contributed by atoms with E-state index in [0.717, 1.165) is 5.56 Å². The summed E-state index contributed by atoms with van der Waals surface area (Å²) in [4.78, 5) is 22.2. The van der Waals surface area contributed by atoms with Gasteiger partial charge in [0.15, 0.2) is 6.10 Å². The topological polar surface area (TPSA) is 92.5 Å². The van der Waals surface area contributed by atoms with Crippen LogP contribution in [-0.2, 0) is 4.79 Å². The van der Waals surface area contributed by atoms with Gasteiger partial charge in [-0.3, -0.25) is 14.9 Å². The van der Waals surface area contributed by atoms with E-state index in [1.165, 1.54) is 12.1 Å². The molecule has 0 aliphatic heterocycles. The molecule has 0 spiro atoms. The number of hydrogen-bond donors (Lipinski definition) is 2. The van der Waals surface area contributed by atoms with Gasteiger partial charge in [0.25, 0.3) is 11.6 Å². The Balaban J connectivity index is 2.03. The lowest BCUT2D eigenvalue weighted by molar-refractivity contribution is -0.384. The zero-order chi connectivity index (χ0) is 16.1. The summed E-state index contributed by atoms with van der Waals surface area (Å²) in [6, 6.07) is 14.2. The lowest BCUT2D eigenvalue weighted by Gasteiger charge is -2.17. The van der Waals surface area contributed by atoms with Gasteiger partial charge in [0.2, 0.25) is 0 Å². The van der Waals surface area contributed by atoms with E-state index < -0.39 is 16.9 Å². The van der Waals surface area contributed by atoms with Crippen LogP contribution >= 0.6 is 0 Å². The van der Waals surface area contributed by atoms with Crippen LogP contribution in [0.25, 0.3) is 0 Å². The SMILES string of the molecule is CC(NC(=O)C(O)c1ccccc1)c1ccc([N+](=O)[O-])cc1. The zero-order valence-corrected chi connectivity index (χ0v) is 12.0. The second-order valence-electron chi connectivity index (χ2n) is 4.89. The zero-order valence-electron chi connectivity index (χ0n) is 12.0. The van der Waals surface area contributed by atoms with Crippen LogP contribution in [0.1, 0.15) is 30.2 Å². The van der Waals surface area contributed by atoms with Crippen molar-refractivity contribution in [2.45, 2.75) is 19.1 Å². The molecule has 22 heavy (non-hydrogen) atoms. The predicted octanol–water partition coefficient (Wildman–Crippen LogP) is 2.51. The van der Waals surface area contributed by atoms with Crippen LogP contribution < -0.4 is 5.32 Å². The number of nitrogens with one attached hydrogen (secondary N) is 1. The number of non-ortho nitro benzene ring substituents is 1. The number of nitro benzene ring substituents is 1. The van der Waals surface area contributed by atoms with E-state index in [1.807, 2.05) is 0 Å². The maximum absolute atomic E-state index is 12.0. The molecule has 0 aliphatic carbocycles. The van der Waals surface area contributed by atoms with Crippen LogP contribution in [0, 0.1) is 10.1 Å². The number of aliphatic hydroxyl groups is 1. The molecule has 0 saturated carbocycles. The fourth-order valence-electron chi connectivity index (χ4n) is 2.05. The molecule has 2 rings (SSSR count). The fourth-order valence-corrected chi connectivity index (χ4v) is 2.05. The molecule has 6 nitrogen and oxygen atoms in total. The molecule has 0 radical (unpaired) electrons. The van der Waals surface area contributed by atoms with Gasteiger partial charge in [-0.15, -0.1) is 0 Å². The third kappa shape index (κ3) is 3.67. The average Bonchev–Trinajstić information content (AvgIpc) is 2.54. The average molecular weight is 300 g/mol. The molecule has 1 amide bonds. The standard InChI is InChI=1S/C16H16N2O4/c1-11(12-7-9-14(10-8-12)18(21)22)17-16(20)15(19)13-5-3-2-4-6-13/h2-11,15,19H,1H3,(H,17,20). The Labute approximate surface area is 127 Å². The van der Waals surface area contributed by atoms with Gasteiger partial charge < -0.3 is 10.4 Å². The van der Waals surface area contributed by atoms with Crippen LogP contribution in [0.3, 0.4) is 0 Å². The van der Waals surface area contributed by atoms with Crippen molar-refractivity contribution >= 4 is 11.6 Å². The van der Waals surface area contributed by atoms with Gasteiger partial charge >= 0.3 is 0 Å². The summed E-state index contributed by atoms with van der Waals surface area (Å²) in [6.45, 7) is 1.75. The lowest BCUT2D eigenvalue weighted by atomic mass is 10.1. The van der Waals surface area contributed by atoms with Gasteiger partial charge in [-0.2, -0.15) is 0 Å².